The molecule has 2 aromatic carbocycles. The number of amides is 2. The van der Waals surface area contributed by atoms with Crippen LogP contribution in [0.3, 0.4) is 0 Å². The Hall–Kier alpha value is -4.27. The number of carbonyl (C=O) groups is 2. The Balaban J connectivity index is 1.45. The van der Waals surface area contributed by atoms with E-state index < -0.39 is 11.8 Å². The van der Waals surface area contributed by atoms with E-state index in [1.165, 1.54) is 4.68 Å². The van der Waals surface area contributed by atoms with Crippen LogP contribution in [0.25, 0.3) is 16.5 Å². The molecule has 2 N–H and O–H groups in total. The zero-order valence-electron chi connectivity index (χ0n) is 20.3. The molecular formula is C27H28N6O3. The van der Waals surface area contributed by atoms with Crippen LogP contribution in [0.2, 0.25) is 0 Å². The summed E-state index contributed by atoms with van der Waals surface area (Å²) in [6.07, 6.45) is 4.69. The average Bonchev–Trinajstić information content (AvgIpc) is 3.08. The minimum Gasteiger partial charge on any atom is -0.267 e. The van der Waals surface area contributed by atoms with E-state index in [0.29, 0.717) is 16.5 Å². The Kier molecular flexibility index (Phi) is 6.37. The summed E-state index contributed by atoms with van der Waals surface area (Å²) in [6, 6.07) is 16.3. The number of hydrogen-bond donors (Lipinski definition) is 2. The lowest BCUT2D eigenvalue weighted by Crippen LogP contribution is -2.43. The maximum atomic E-state index is 13.2. The average molecular weight is 485 g/mol. The molecule has 0 bridgehead atoms. The first-order valence-electron chi connectivity index (χ1n) is 12.2. The van der Waals surface area contributed by atoms with Crippen molar-refractivity contribution in [1.29, 1.82) is 0 Å². The van der Waals surface area contributed by atoms with E-state index in [0.717, 1.165) is 49.0 Å². The lowest BCUT2D eigenvalue weighted by atomic mass is 10.1. The molecule has 2 aromatic heterocycles. The minimum absolute atomic E-state index is 0.0628. The van der Waals surface area contributed by atoms with Crippen LogP contribution < -0.4 is 16.4 Å². The number of aromatic nitrogens is 4. The highest BCUT2D eigenvalue weighted by atomic mass is 16.2. The van der Waals surface area contributed by atoms with Crippen molar-refractivity contribution in [3.05, 3.63) is 87.6 Å². The maximum Gasteiger partial charge on any atom is 0.290 e. The summed E-state index contributed by atoms with van der Waals surface area (Å²) in [5.41, 5.74) is 7.95. The second-order valence-electron chi connectivity index (χ2n) is 9.23. The Morgan fingerprint density at radius 2 is 1.44 bits per heavy atom. The molecule has 184 valence electrons. The number of hydrazine groups is 1. The Morgan fingerprint density at radius 3 is 2.17 bits per heavy atom. The fraction of sp³-hybridized carbons (Fsp3) is 0.296. The van der Waals surface area contributed by atoms with E-state index in [2.05, 4.69) is 21.0 Å². The van der Waals surface area contributed by atoms with Crippen molar-refractivity contribution in [2.24, 2.45) is 0 Å². The van der Waals surface area contributed by atoms with Crippen molar-refractivity contribution >= 4 is 22.6 Å². The fourth-order valence-electron chi connectivity index (χ4n) is 4.70. The van der Waals surface area contributed by atoms with Gasteiger partial charge in [-0.1, -0.05) is 42.8 Å². The van der Waals surface area contributed by atoms with Crippen LogP contribution in [0.5, 0.6) is 0 Å². The monoisotopic (exact) mass is 484 g/mol. The zero-order chi connectivity index (χ0) is 25.2. The Morgan fingerprint density at radius 1 is 0.806 bits per heavy atom. The second-order valence-corrected chi connectivity index (χ2v) is 9.23. The van der Waals surface area contributed by atoms with Gasteiger partial charge in [0.1, 0.15) is 0 Å². The van der Waals surface area contributed by atoms with Gasteiger partial charge in [0, 0.05) is 16.6 Å². The number of benzene rings is 2. The van der Waals surface area contributed by atoms with Crippen molar-refractivity contribution in [3.63, 3.8) is 0 Å². The predicted molar refractivity (Wildman–Crippen MR) is 136 cm³/mol. The molecule has 1 aliphatic carbocycles. The molecule has 2 heterocycles. The SMILES string of the molecule is CC(C)n1nc(C(=O)NNC(=O)c2nn(-c3ccccc3)c3c2CCCCC3)c2ccccc2c1=O. The molecule has 0 atom stereocenters. The van der Waals surface area contributed by atoms with Gasteiger partial charge in [0.05, 0.1) is 17.1 Å². The predicted octanol–water partition coefficient (Wildman–Crippen LogP) is 3.51. The summed E-state index contributed by atoms with van der Waals surface area (Å²) in [5, 5.41) is 9.76. The Bertz CT molecular complexity index is 1500. The second kappa shape index (κ2) is 9.77. The van der Waals surface area contributed by atoms with Crippen molar-refractivity contribution in [3.8, 4) is 5.69 Å². The highest BCUT2D eigenvalue weighted by Crippen LogP contribution is 2.26. The number of rotatable bonds is 4. The summed E-state index contributed by atoms with van der Waals surface area (Å²) in [5.74, 6) is -1.10. The molecule has 0 spiro atoms. The van der Waals surface area contributed by atoms with Gasteiger partial charge in [-0.2, -0.15) is 10.2 Å². The van der Waals surface area contributed by atoms with Gasteiger partial charge in [0.25, 0.3) is 17.4 Å². The van der Waals surface area contributed by atoms with Crippen molar-refractivity contribution < 1.29 is 9.59 Å². The first-order valence-corrected chi connectivity index (χ1v) is 12.2. The largest absolute Gasteiger partial charge is 0.290 e. The summed E-state index contributed by atoms with van der Waals surface area (Å²) in [6.45, 7) is 3.64. The summed E-state index contributed by atoms with van der Waals surface area (Å²) >= 11 is 0. The summed E-state index contributed by atoms with van der Waals surface area (Å²) in [7, 11) is 0. The molecule has 0 unspecified atom stereocenters. The molecular weight excluding hydrogens is 456 g/mol. The number of carbonyl (C=O) groups excluding carboxylic acids is 2. The first-order chi connectivity index (χ1) is 17.5. The third-order valence-corrected chi connectivity index (χ3v) is 6.47. The number of fused-ring (bicyclic) bond motifs is 2. The molecule has 36 heavy (non-hydrogen) atoms. The van der Waals surface area contributed by atoms with Crippen molar-refractivity contribution in [2.45, 2.75) is 52.0 Å². The normalized spacial score (nSPS) is 13.3. The smallest absolute Gasteiger partial charge is 0.267 e. The van der Waals surface area contributed by atoms with Gasteiger partial charge in [0.2, 0.25) is 0 Å². The van der Waals surface area contributed by atoms with Crippen LogP contribution >= 0.6 is 0 Å². The van der Waals surface area contributed by atoms with Gasteiger partial charge in [0.15, 0.2) is 11.4 Å². The molecule has 9 nitrogen and oxygen atoms in total. The van der Waals surface area contributed by atoms with E-state index in [4.69, 9.17) is 0 Å². The number of hydrogen-bond acceptors (Lipinski definition) is 5. The van der Waals surface area contributed by atoms with E-state index in [1.54, 1.807) is 24.3 Å². The quantitative estimate of drug-likeness (QED) is 0.340. The van der Waals surface area contributed by atoms with Gasteiger partial charge in [-0.25, -0.2) is 9.36 Å². The maximum absolute atomic E-state index is 13.2. The lowest BCUT2D eigenvalue weighted by Gasteiger charge is -2.13. The van der Waals surface area contributed by atoms with Gasteiger partial charge in [-0.15, -0.1) is 0 Å². The molecule has 4 aromatic rings. The molecule has 0 aliphatic heterocycles. The van der Waals surface area contributed by atoms with Crippen LogP contribution in [-0.2, 0) is 12.8 Å². The zero-order valence-corrected chi connectivity index (χ0v) is 20.3. The van der Waals surface area contributed by atoms with Gasteiger partial charge in [-0.05, 0) is 57.7 Å². The fourth-order valence-corrected chi connectivity index (χ4v) is 4.70. The molecule has 9 heteroatoms. The van der Waals surface area contributed by atoms with E-state index in [1.807, 2.05) is 48.9 Å². The van der Waals surface area contributed by atoms with Crippen LogP contribution in [0.4, 0.5) is 0 Å². The molecule has 0 radical (unpaired) electrons. The van der Waals surface area contributed by atoms with Crippen molar-refractivity contribution in [1.82, 2.24) is 30.4 Å². The van der Waals surface area contributed by atoms with Gasteiger partial charge < -0.3 is 0 Å². The third kappa shape index (κ3) is 4.28. The molecule has 0 saturated heterocycles. The number of para-hydroxylation sites is 1. The van der Waals surface area contributed by atoms with Gasteiger partial charge in [-0.3, -0.25) is 25.2 Å². The number of nitrogens with zero attached hydrogens (tertiary/aromatic N) is 4. The van der Waals surface area contributed by atoms with Crippen LogP contribution in [-0.4, -0.2) is 31.4 Å². The van der Waals surface area contributed by atoms with E-state index in [9.17, 15) is 14.4 Å². The molecule has 2 amide bonds. The molecule has 0 fully saturated rings. The van der Waals surface area contributed by atoms with E-state index in [-0.39, 0.29) is 17.3 Å². The number of nitrogens with one attached hydrogen (secondary N) is 2. The minimum atomic E-state index is -0.609. The highest BCUT2D eigenvalue weighted by Gasteiger charge is 2.26. The molecule has 0 saturated carbocycles. The Labute approximate surface area is 208 Å². The van der Waals surface area contributed by atoms with Crippen LogP contribution in [0.1, 0.15) is 71.4 Å². The third-order valence-electron chi connectivity index (χ3n) is 6.47. The molecule has 1 aliphatic rings. The highest BCUT2D eigenvalue weighted by molar-refractivity contribution is 6.06. The topological polar surface area (TPSA) is 111 Å². The standard InChI is InChI=1S/C27H28N6O3/c1-17(2)32-27(36)20-14-10-9-13-19(20)23(30-32)25(34)28-29-26(35)24-21-15-7-4-8-16-22(21)33(31-24)18-11-5-3-6-12-18/h3,5-6,9-14,17H,4,7-8,15-16H2,1-2H3,(H,28,34)(H,29,35). The van der Waals surface area contributed by atoms with Crippen LogP contribution in [0.15, 0.2) is 59.4 Å². The lowest BCUT2D eigenvalue weighted by molar-refractivity contribution is 0.0840. The molecule has 5 rings (SSSR count). The summed E-state index contributed by atoms with van der Waals surface area (Å²) < 4.78 is 3.12. The van der Waals surface area contributed by atoms with Gasteiger partial charge >= 0.3 is 0 Å². The van der Waals surface area contributed by atoms with Crippen LogP contribution in [0, 0.1) is 0 Å². The van der Waals surface area contributed by atoms with E-state index >= 15 is 0 Å². The first kappa shape index (κ1) is 23.5. The van der Waals surface area contributed by atoms with Crippen molar-refractivity contribution in [2.75, 3.05) is 0 Å². The summed E-state index contributed by atoms with van der Waals surface area (Å²) in [4.78, 5) is 39.1.